The molecule has 3 rings (SSSR count). The molecule has 1 heterocycles. The summed E-state index contributed by atoms with van der Waals surface area (Å²) in [5, 5.41) is 0.0155. The molecule has 7 heteroatoms. The Balaban J connectivity index is 2.09. The molecule has 0 radical (unpaired) electrons. The zero-order chi connectivity index (χ0) is 20.4. The number of hydrogen-bond acceptors (Lipinski definition) is 4. The van der Waals surface area contributed by atoms with Crippen molar-refractivity contribution in [3.63, 3.8) is 0 Å². The van der Waals surface area contributed by atoms with E-state index in [0.717, 1.165) is 18.2 Å². The van der Waals surface area contributed by atoms with Crippen LogP contribution in [0.25, 0.3) is 5.57 Å². The molecule has 2 amide bonds. The number of thioether (sulfide) groups is 1. The highest BCUT2D eigenvalue weighted by Gasteiger charge is 2.41. The number of carbonyl (C=O) groups is 2. The van der Waals surface area contributed by atoms with Crippen molar-refractivity contribution in [2.75, 3.05) is 11.5 Å². The molecule has 0 aliphatic carbocycles. The van der Waals surface area contributed by atoms with Crippen molar-refractivity contribution in [2.24, 2.45) is 0 Å². The predicted molar refractivity (Wildman–Crippen MR) is 106 cm³/mol. The van der Waals surface area contributed by atoms with Gasteiger partial charge in [-0.1, -0.05) is 26.0 Å². The van der Waals surface area contributed by atoms with Gasteiger partial charge in [0.05, 0.1) is 22.8 Å². The highest BCUT2D eigenvalue weighted by Crippen LogP contribution is 2.40. The molecule has 1 aliphatic heterocycles. The van der Waals surface area contributed by atoms with Crippen molar-refractivity contribution in [1.82, 2.24) is 0 Å². The summed E-state index contributed by atoms with van der Waals surface area (Å²) in [5.74, 6) is -2.27. The Labute approximate surface area is 166 Å². The summed E-state index contributed by atoms with van der Waals surface area (Å²) in [4.78, 5) is 27.0. The molecule has 28 heavy (non-hydrogen) atoms. The Morgan fingerprint density at radius 3 is 2.32 bits per heavy atom. The van der Waals surface area contributed by atoms with Gasteiger partial charge in [0.15, 0.2) is 0 Å². The summed E-state index contributed by atoms with van der Waals surface area (Å²) in [7, 11) is 0. The van der Waals surface area contributed by atoms with Crippen LogP contribution in [0.4, 0.5) is 14.5 Å². The average Bonchev–Trinajstić information content (AvgIpc) is 2.88. The Morgan fingerprint density at radius 1 is 1.04 bits per heavy atom. The van der Waals surface area contributed by atoms with E-state index in [1.165, 1.54) is 11.8 Å². The molecule has 2 aromatic rings. The van der Waals surface area contributed by atoms with E-state index in [1.807, 2.05) is 20.8 Å². The number of anilines is 1. The van der Waals surface area contributed by atoms with Crippen LogP contribution in [0.5, 0.6) is 5.75 Å². The second-order valence-corrected chi connectivity index (χ2v) is 7.96. The average molecular weight is 403 g/mol. The molecule has 0 spiro atoms. The maximum Gasteiger partial charge on any atom is 0.272 e. The molecular weight excluding hydrogens is 384 g/mol. The standard InChI is InChI=1S/C21H19F2NO3S/c1-4-27-15-8-5-13(6-9-15)18-19(28-12(2)3)21(26)24(20(18)25)17-11-14(22)7-10-16(17)23/h5-12H,4H2,1-3H3. The smallest absolute Gasteiger partial charge is 0.272 e. The summed E-state index contributed by atoms with van der Waals surface area (Å²) in [6.07, 6.45) is 0. The summed E-state index contributed by atoms with van der Waals surface area (Å²) >= 11 is 1.22. The van der Waals surface area contributed by atoms with Crippen LogP contribution in [0.2, 0.25) is 0 Å². The monoisotopic (exact) mass is 403 g/mol. The molecule has 0 unspecified atom stereocenters. The van der Waals surface area contributed by atoms with E-state index in [-0.39, 0.29) is 15.7 Å². The lowest BCUT2D eigenvalue weighted by atomic mass is 10.1. The second-order valence-electron chi connectivity index (χ2n) is 6.37. The fraction of sp³-hybridized carbons (Fsp3) is 0.238. The van der Waals surface area contributed by atoms with E-state index in [4.69, 9.17) is 4.74 Å². The van der Waals surface area contributed by atoms with Gasteiger partial charge in [-0.15, -0.1) is 11.8 Å². The van der Waals surface area contributed by atoms with Crippen LogP contribution in [0.3, 0.4) is 0 Å². The van der Waals surface area contributed by atoms with Gasteiger partial charge < -0.3 is 4.74 Å². The van der Waals surface area contributed by atoms with Crippen molar-refractivity contribution in [2.45, 2.75) is 26.0 Å². The number of carbonyl (C=O) groups excluding carboxylic acids is 2. The van der Waals surface area contributed by atoms with Crippen molar-refractivity contribution >= 4 is 34.8 Å². The molecule has 0 saturated carbocycles. The first-order valence-electron chi connectivity index (χ1n) is 8.81. The molecule has 4 nitrogen and oxygen atoms in total. The van der Waals surface area contributed by atoms with E-state index in [2.05, 4.69) is 0 Å². The predicted octanol–water partition coefficient (Wildman–Crippen LogP) is 4.79. The normalized spacial score (nSPS) is 14.4. The fourth-order valence-electron chi connectivity index (χ4n) is 2.87. The maximum absolute atomic E-state index is 14.3. The Bertz CT molecular complexity index is 955. The number of hydrogen-bond donors (Lipinski definition) is 0. The van der Waals surface area contributed by atoms with Gasteiger partial charge in [-0.25, -0.2) is 13.7 Å². The van der Waals surface area contributed by atoms with Crippen LogP contribution < -0.4 is 9.64 Å². The molecule has 0 fully saturated rings. The maximum atomic E-state index is 14.3. The number of imide groups is 1. The van der Waals surface area contributed by atoms with Crippen molar-refractivity contribution in [3.8, 4) is 5.75 Å². The molecule has 146 valence electrons. The summed E-state index contributed by atoms with van der Waals surface area (Å²) < 4.78 is 33.3. The minimum absolute atomic E-state index is 0.0155. The van der Waals surface area contributed by atoms with Crippen LogP contribution in [0.15, 0.2) is 47.4 Å². The first-order chi connectivity index (χ1) is 13.3. The third-order valence-electron chi connectivity index (χ3n) is 4.00. The van der Waals surface area contributed by atoms with E-state index in [9.17, 15) is 18.4 Å². The quantitative estimate of drug-likeness (QED) is 0.651. The topological polar surface area (TPSA) is 46.6 Å². The van der Waals surface area contributed by atoms with E-state index >= 15 is 0 Å². The van der Waals surface area contributed by atoms with Crippen molar-refractivity contribution in [1.29, 1.82) is 0 Å². The van der Waals surface area contributed by atoms with Gasteiger partial charge in [0.2, 0.25) is 0 Å². The van der Waals surface area contributed by atoms with E-state index in [1.54, 1.807) is 24.3 Å². The molecule has 0 atom stereocenters. The minimum atomic E-state index is -0.843. The van der Waals surface area contributed by atoms with Gasteiger partial charge in [-0.05, 0) is 36.8 Å². The van der Waals surface area contributed by atoms with Crippen molar-refractivity contribution in [3.05, 3.63) is 64.6 Å². The third kappa shape index (κ3) is 3.80. The lowest BCUT2D eigenvalue weighted by Gasteiger charge is -2.16. The number of nitrogens with zero attached hydrogens (tertiary/aromatic N) is 1. The summed E-state index contributed by atoms with van der Waals surface area (Å²) in [6.45, 7) is 6.13. The second kappa shape index (κ2) is 8.14. The van der Waals surface area contributed by atoms with Crippen LogP contribution >= 0.6 is 11.8 Å². The Hall–Kier alpha value is -2.67. The summed E-state index contributed by atoms with van der Waals surface area (Å²) in [5.41, 5.74) is 0.303. The highest BCUT2D eigenvalue weighted by molar-refractivity contribution is 8.04. The van der Waals surface area contributed by atoms with Crippen molar-refractivity contribution < 1.29 is 23.1 Å². The molecule has 2 aromatic carbocycles. The molecular formula is C21H19F2NO3S. The lowest BCUT2D eigenvalue weighted by Crippen LogP contribution is -2.32. The lowest BCUT2D eigenvalue weighted by molar-refractivity contribution is -0.119. The number of ether oxygens (including phenoxy) is 1. The highest BCUT2D eigenvalue weighted by atomic mass is 32.2. The molecule has 0 N–H and O–H groups in total. The number of benzene rings is 2. The molecule has 0 aromatic heterocycles. The van der Waals surface area contributed by atoms with Crippen LogP contribution in [-0.4, -0.2) is 23.7 Å². The Morgan fingerprint density at radius 2 is 1.71 bits per heavy atom. The van der Waals surface area contributed by atoms with Crippen LogP contribution in [0, 0.1) is 11.6 Å². The third-order valence-corrected chi connectivity index (χ3v) is 5.08. The van der Waals surface area contributed by atoms with Gasteiger partial charge in [-0.3, -0.25) is 9.59 Å². The number of rotatable bonds is 6. The van der Waals surface area contributed by atoms with Gasteiger partial charge >= 0.3 is 0 Å². The van der Waals surface area contributed by atoms with Gasteiger partial charge in [0.1, 0.15) is 17.4 Å². The van der Waals surface area contributed by atoms with E-state index in [0.29, 0.717) is 22.8 Å². The molecule has 0 saturated heterocycles. The Kier molecular flexibility index (Phi) is 5.84. The molecule has 1 aliphatic rings. The first-order valence-corrected chi connectivity index (χ1v) is 9.69. The largest absolute Gasteiger partial charge is 0.494 e. The summed E-state index contributed by atoms with van der Waals surface area (Å²) in [6, 6.07) is 9.45. The van der Waals surface area contributed by atoms with Gasteiger partial charge in [0.25, 0.3) is 11.8 Å². The van der Waals surface area contributed by atoms with Gasteiger partial charge in [0, 0.05) is 11.3 Å². The van der Waals surface area contributed by atoms with Gasteiger partial charge in [-0.2, -0.15) is 0 Å². The number of amides is 2. The zero-order valence-corrected chi connectivity index (χ0v) is 16.5. The van der Waals surface area contributed by atoms with Crippen LogP contribution in [0.1, 0.15) is 26.3 Å². The molecule has 0 bridgehead atoms. The SMILES string of the molecule is CCOc1ccc(C2=C(SC(C)C)C(=O)N(c3cc(F)ccc3F)C2=O)cc1. The minimum Gasteiger partial charge on any atom is -0.494 e. The first kappa shape index (κ1) is 20.1. The zero-order valence-electron chi connectivity index (χ0n) is 15.7. The van der Waals surface area contributed by atoms with E-state index < -0.39 is 29.1 Å². The number of halogens is 2. The van der Waals surface area contributed by atoms with Crippen LogP contribution in [-0.2, 0) is 9.59 Å². The fourth-order valence-corrected chi connectivity index (χ4v) is 3.86.